The van der Waals surface area contributed by atoms with Gasteiger partial charge in [-0.1, -0.05) is 17.7 Å². The Bertz CT molecular complexity index is 551. The van der Waals surface area contributed by atoms with Crippen LogP contribution < -0.4 is 4.72 Å². The van der Waals surface area contributed by atoms with Crippen LogP contribution in [0.15, 0.2) is 23.1 Å². The van der Waals surface area contributed by atoms with E-state index in [1.165, 1.54) is 6.07 Å². The van der Waals surface area contributed by atoms with Crippen LogP contribution in [0.4, 0.5) is 0 Å². The molecule has 0 saturated heterocycles. The molecule has 1 aliphatic rings. The minimum absolute atomic E-state index is 0.117. The molecule has 0 heterocycles. The number of nitrogens with one attached hydrogen (secondary N) is 1. The summed E-state index contributed by atoms with van der Waals surface area (Å²) in [5, 5.41) is 9.66. The number of sulfonamides is 1. The Kier molecular flexibility index (Phi) is 4.50. The molecule has 2 N–H and O–H groups in total. The van der Waals surface area contributed by atoms with Crippen LogP contribution in [-0.2, 0) is 10.0 Å². The number of aryl methyl sites for hydroxylation is 1. The van der Waals surface area contributed by atoms with Gasteiger partial charge in [-0.15, -0.1) is 0 Å². The Labute approximate surface area is 118 Å². The molecular weight excluding hydrogens is 286 g/mol. The van der Waals surface area contributed by atoms with Crippen molar-refractivity contribution in [3.05, 3.63) is 28.8 Å². The van der Waals surface area contributed by atoms with Crippen LogP contribution >= 0.6 is 11.6 Å². The summed E-state index contributed by atoms with van der Waals surface area (Å²) in [5.41, 5.74) is 0.921. The zero-order valence-corrected chi connectivity index (χ0v) is 12.3. The largest absolute Gasteiger partial charge is 0.393 e. The number of aliphatic hydroxyl groups excluding tert-OH is 1. The maximum absolute atomic E-state index is 12.3. The van der Waals surface area contributed by atoms with Crippen LogP contribution in [0.2, 0.25) is 5.02 Å². The van der Waals surface area contributed by atoms with Gasteiger partial charge in [0.2, 0.25) is 10.0 Å². The highest BCUT2D eigenvalue weighted by molar-refractivity contribution is 7.89. The third-order valence-electron chi connectivity index (χ3n) is 3.40. The molecule has 0 radical (unpaired) electrons. The number of hydrogen-bond donors (Lipinski definition) is 2. The summed E-state index contributed by atoms with van der Waals surface area (Å²) in [6, 6.07) is 4.77. The van der Waals surface area contributed by atoms with Gasteiger partial charge < -0.3 is 5.11 Å². The molecule has 1 fully saturated rings. The lowest BCUT2D eigenvalue weighted by Gasteiger charge is -2.26. The summed E-state index contributed by atoms with van der Waals surface area (Å²) in [5.74, 6) is 0. The van der Waals surface area contributed by atoms with Crippen molar-refractivity contribution in [3.8, 4) is 0 Å². The van der Waals surface area contributed by atoms with E-state index in [1.807, 2.05) is 6.92 Å². The van der Waals surface area contributed by atoms with Gasteiger partial charge in [0.15, 0.2) is 0 Å². The second-order valence-corrected chi connectivity index (χ2v) is 7.15. The van der Waals surface area contributed by atoms with E-state index in [2.05, 4.69) is 4.72 Å². The highest BCUT2D eigenvalue weighted by atomic mass is 35.5. The SMILES string of the molecule is Cc1ccc(S(=O)(=O)NC2CCC(O)CC2)c(Cl)c1. The predicted octanol–water partition coefficient (Wildman–Crippen LogP) is 2.23. The standard InChI is InChI=1S/C13H18ClNO3S/c1-9-2-7-13(12(14)8-9)19(17,18)15-10-3-5-11(16)6-4-10/h2,7-8,10-11,15-16H,3-6H2,1H3. The Balaban J connectivity index is 2.14. The van der Waals surface area contributed by atoms with Crippen molar-refractivity contribution in [3.63, 3.8) is 0 Å². The summed E-state index contributed by atoms with van der Waals surface area (Å²) in [7, 11) is -3.59. The number of benzene rings is 1. The summed E-state index contributed by atoms with van der Waals surface area (Å²) in [6.07, 6.45) is 2.28. The lowest BCUT2D eigenvalue weighted by Crippen LogP contribution is -2.38. The van der Waals surface area contributed by atoms with Crippen LogP contribution in [0.25, 0.3) is 0 Å². The maximum Gasteiger partial charge on any atom is 0.242 e. The molecule has 6 heteroatoms. The Morgan fingerprint density at radius 2 is 1.89 bits per heavy atom. The van der Waals surface area contributed by atoms with Gasteiger partial charge in [0.1, 0.15) is 4.90 Å². The van der Waals surface area contributed by atoms with E-state index in [0.717, 1.165) is 5.56 Å². The fourth-order valence-corrected chi connectivity index (χ4v) is 4.20. The normalized spacial score (nSPS) is 24.4. The van der Waals surface area contributed by atoms with Crippen molar-refractivity contribution in [1.29, 1.82) is 0 Å². The minimum atomic E-state index is -3.59. The van der Waals surface area contributed by atoms with Gasteiger partial charge in [-0.3, -0.25) is 0 Å². The molecule has 0 aliphatic heterocycles. The van der Waals surface area contributed by atoms with Crippen LogP contribution in [-0.4, -0.2) is 25.7 Å². The smallest absolute Gasteiger partial charge is 0.242 e. The Hall–Kier alpha value is -0.620. The first-order chi connectivity index (χ1) is 8.88. The van der Waals surface area contributed by atoms with E-state index in [0.29, 0.717) is 25.7 Å². The topological polar surface area (TPSA) is 66.4 Å². The second kappa shape index (κ2) is 5.79. The first-order valence-corrected chi connectivity index (χ1v) is 8.21. The third kappa shape index (κ3) is 3.69. The highest BCUT2D eigenvalue weighted by Crippen LogP contribution is 2.25. The van der Waals surface area contributed by atoms with Crippen molar-refractivity contribution in [2.45, 2.75) is 49.6 Å². The zero-order chi connectivity index (χ0) is 14.0. The molecule has 106 valence electrons. The van der Waals surface area contributed by atoms with Gasteiger partial charge in [0.05, 0.1) is 11.1 Å². The number of rotatable bonds is 3. The van der Waals surface area contributed by atoms with Crippen molar-refractivity contribution in [1.82, 2.24) is 4.72 Å². The monoisotopic (exact) mass is 303 g/mol. The molecule has 0 atom stereocenters. The average Bonchev–Trinajstić information content (AvgIpc) is 2.31. The van der Waals surface area contributed by atoms with Crippen molar-refractivity contribution < 1.29 is 13.5 Å². The molecule has 0 bridgehead atoms. The molecule has 1 aliphatic carbocycles. The van der Waals surface area contributed by atoms with Crippen LogP contribution in [0.3, 0.4) is 0 Å². The van der Waals surface area contributed by atoms with Crippen LogP contribution in [0.1, 0.15) is 31.2 Å². The summed E-state index contributed by atoms with van der Waals surface area (Å²) < 4.78 is 27.2. The second-order valence-electron chi connectivity index (χ2n) is 5.06. The minimum Gasteiger partial charge on any atom is -0.393 e. The van der Waals surface area contributed by atoms with Gasteiger partial charge in [0, 0.05) is 6.04 Å². The van der Waals surface area contributed by atoms with Crippen molar-refractivity contribution in [2.24, 2.45) is 0 Å². The van der Waals surface area contributed by atoms with Crippen LogP contribution in [0.5, 0.6) is 0 Å². The van der Waals surface area contributed by atoms with E-state index in [9.17, 15) is 13.5 Å². The molecule has 0 spiro atoms. The van der Waals surface area contributed by atoms with E-state index in [1.54, 1.807) is 12.1 Å². The van der Waals surface area contributed by atoms with Crippen molar-refractivity contribution in [2.75, 3.05) is 0 Å². The lowest BCUT2D eigenvalue weighted by molar-refractivity contribution is 0.120. The molecule has 4 nitrogen and oxygen atoms in total. The first-order valence-electron chi connectivity index (χ1n) is 6.35. The van der Waals surface area contributed by atoms with Gasteiger partial charge in [0.25, 0.3) is 0 Å². The summed E-state index contributed by atoms with van der Waals surface area (Å²) in [4.78, 5) is 0.117. The number of aliphatic hydroxyl groups is 1. The van der Waals surface area contributed by atoms with Gasteiger partial charge >= 0.3 is 0 Å². The van der Waals surface area contributed by atoms with Gasteiger partial charge in [-0.25, -0.2) is 13.1 Å². The molecule has 1 aromatic rings. The van der Waals surface area contributed by atoms with E-state index in [4.69, 9.17) is 11.6 Å². The molecule has 1 aromatic carbocycles. The zero-order valence-electron chi connectivity index (χ0n) is 10.8. The summed E-state index contributed by atoms with van der Waals surface area (Å²) >= 11 is 6.00. The molecule has 1 saturated carbocycles. The fraction of sp³-hybridized carbons (Fsp3) is 0.538. The molecule has 2 rings (SSSR count). The molecule has 19 heavy (non-hydrogen) atoms. The van der Waals surface area contributed by atoms with E-state index < -0.39 is 10.0 Å². The van der Waals surface area contributed by atoms with E-state index >= 15 is 0 Å². The Morgan fingerprint density at radius 3 is 2.47 bits per heavy atom. The molecular formula is C13H18ClNO3S. The quantitative estimate of drug-likeness (QED) is 0.900. The highest BCUT2D eigenvalue weighted by Gasteiger charge is 2.26. The molecule has 0 aromatic heterocycles. The molecule has 0 amide bonds. The lowest BCUT2D eigenvalue weighted by atomic mass is 9.94. The number of halogens is 1. The predicted molar refractivity (Wildman–Crippen MR) is 74.8 cm³/mol. The maximum atomic E-state index is 12.3. The average molecular weight is 304 g/mol. The van der Waals surface area contributed by atoms with Gasteiger partial charge in [-0.2, -0.15) is 0 Å². The van der Waals surface area contributed by atoms with Crippen LogP contribution in [0, 0.1) is 6.92 Å². The third-order valence-corrected chi connectivity index (χ3v) is 5.40. The van der Waals surface area contributed by atoms with Gasteiger partial charge in [-0.05, 0) is 50.3 Å². The Morgan fingerprint density at radius 1 is 1.26 bits per heavy atom. The van der Waals surface area contributed by atoms with E-state index in [-0.39, 0.29) is 22.1 Å². The van der Waals surface area contributed by atoms with Crippen molar-refractivity contribution >= 4 is 21.6 Å². The molecule has 0 unspecified atom stereocenters. The first kappa shape index (κ1) is 14.8. The fourth-order valence-electron chi connectivity index (χ4n) is 2.30. The number of hydrogen-bond acceptors (Lipinski definition) is 3. The summed E-state index contributed by atoms with van der Waals surface area (Å²) in [6.45, 7) is 1.86.